The first-order valence-electron chi connectivity index (χ1n) is 10.0. The largest absolute Gasteiger partial charge is 0.304 e. The molecular formula is C24H19FN2O4S. The monoisotopic (exact) mass is 450 g/mol. The van der Waals surface area contributed by atoms with Gasteiger partial charge in [-0.15, -0.1) is 0 Å². The van der Waals surface area contributed by atoms with Crippen molar-refractivity contribution in [2.24, 2.45) is 0 Å². The standard InChI is InChI=1S/C24H19FN2O4S/c1-16-6-8-17(9-7-16)14-26-21-5-3-2-4-20(21)24(23(26)29)27(22(28)15-32(24,30)31)19-12-10-18(25)11-13-19/h2-13H,14-15H2,1H3/t24-/m0/s1. The van der Waals surface area contributed by atoms with Crippen molar-refractivity contribution >= 4 is 33.0 Å². The van der Waals surface area contributed by atoms with Gasteiger partial charge in [-0.1, -0.05) is 48.0 Å². The Balaban J connectivity index is 1.72. The van der Waals surface area contributed by atoms with Crippen molar-refractivity contribution in [3.8, 4) is 0 Å². The van der Waals surface area contributed by atoms with E-state index >= 15 is 0 Å². The van der Waals surface area contributed by atoms with Gasteiger partial charge in [-0.3, -0.25) is 14.5 Å². The number of anilines is 2. The molecule has 8 heteroatoms. The van der Waals surface area contributed by atoms with E-state index in [4.69, 9.17) is 0 Å². The topological polar surface area (TPSA) is 74.8 Å². The number of aryl methyl sites for hydroxylation is 1. The van der Waals surface area contributed by atoms with Crippen LogP contribution in [0.3, 0.4) is 0 Å². The quantitative estimate of drug-likeness (QED) is 0.614. The smallest absolute Gasteiger partial charge is 0.274 e. The average Bonchev–Trinajstić information content (AvgIpc) is 3.13. The minimum absolute atomic E-state index is 0.151. The number of carbonyl (C=O) groups is 2. The van der Waals surface area contributed by atoms with Gasteiger partial charge in [0.15, 0.2) is 9.84 Å². The van der Waals surface area contributed by atoms with Crippen molar-refractivity contribution in [2.75, 3.05) is 15.6 Å². The molecule has 2 aliphatic rings. The summed E-state index contributed by atoms with van der Waals surface area (Å²) in [5.74, 6) is -2.77. The van der Waals surface area contributed by atoms with Gasteiger partial charge in [-0.2, -0.15) is 0 Å². The number of sulfone groups is 1. The van der Waals surface area contributed by atoms with Crippen molar-refractivity contribution in [3.05, 3.63) is 95.3 Å². The van der Waals surface area contributed by atoms with Crippen LogP contribution >= 0.6 is 0 Å². The van der Waals surface area contributed by atoms with Gasteiger partial charge in [0, 0.05) is 11.3 Å². The minimum atomic E-state index is -4.25. The highest BCUT2D eigenvalue weighted by Gasteiger charge is 2.69. The predicted molar refractivity (Wildman–Crippen MR) is 118 cm³/mol. The molecule has 2 amide bonds. The summed E-state index contributed by atoms with van der Waals surface area (Å²) in [6.45, 7) is 2.10. The Bertz CT molecular complexity index is 1350. The molecule has 0 unspecified atom stereocenters. The molecule has 162 valence electrons. The molecule has 2 aliphatic heterocycles. The summed E-state index contributed by atoms with van der Waals surface area (Å²) in [7, 11) is -4.25. The van der Waals surface area contributed by atoms with E-state index < -0.39 is 38.1 Å². The van der Waals surface area contributed by atoms with Gasteiger partial charge in [0.2, 0.25) is 5.91 Å². The number of halogens is 1. The molecule has 1 atom stereocenters. The number of carbonyl (C=O) groups excluding carboxylic acids is 2. The zero-order chi connectivity index (χ0) is 22.7. The highest BCUT2D eigenvalue weighted by atomic mass is 32.2. The van der Waals surface area contributed by atoms with Crippen LogP contribution in [0.2, 0.25) is 0 Å². The summed E-state index contributed by atoms with van der Waals surface area (Å²) in [4.78, 5) is 27.1. The third-order valence-corrected chi connectivity index (χ3v) is 8.07. The first kappa shape index (κ1) is 20.4. The molecule has 0 aliphatic carbocycles. The number of fused-ring (bicyclic) bond motifs is 2. The summed E-state index contributed by atoms with van der Waals surface area (Å²) in [6.07, 6.45) is 0. The van der Waals surface area contributed by atoms with Crippen molar-refractivity contribution < 1.29 is 22.4 Å². The van der Waals surface area contributed by atoms with Crippen molar-refractivity contribution in [3.63, 3.8) is 0 Å². The zero-order valence-electron chi connectivity index (χ0n) is 17.2. The summed E-state index contributed by atoms with van der Waals surface area (Å²) in [5.41, 5.74) is 2.70. The Kier molecular flexibility index (Phi) is 4.46. The number of rotatable bonds is 3. The van der Waals surface area contributed by atoms with Gasteiger partial charge in [0.05, 0.1) is 12.2 Å². The zero-order valence-corrected chi connectivity index (χ0v) is 18.0. The second-order valence-electron chi connectivity index (χ2n) is 8.00. The van der Waals surface area contributed by atoms with Crippen LogP contribution < -0.4 is 9.80 Å². The fourth-order valence-electron chi connectivity index (χ4n) is 4.51. The molecule has 0 bridgehead atoms. The molecule has 1 spiro atoms. The third kappa shape index (κ3) is 2.72. The second kappa shape index (κ2) is 7.00. The molecule has 3 aromatic rings. The van der Waals surface area contributed by atoms with Gasteiger partial charge in [-0.05, 0) is 42.8 Å². The number of amides is 2. The van der Waals surface area contributed by atoms with Crippen molar-refractivity contribution in [1.29, 1.82) is 0 Å². The Morgan fingerprint density at radius 3 is 2.28 bits per heavy atom. The normalized spacial score (nSPS) is 21.4. The van der Waals surface area contributed by atoms with Crippen LogP contribution in [0.4, 0.5) is 15.8 Å². The van der Waals surface area contributed by atoms with Gasteiger partial charge in [0.1, 0.15) is 11.6 Å². The fourth-order valence-corrected chi connectivity index (χ4v) is 6.55. The summed E-state index contributed by atoms with van der Waals surface area (Å²) in [6, 6.07) is 19.1. The van der Waals surface area contributed by atoms with Gasteiger partial charge >= 0.3 is 0 Å². The molecule has 6 nitrogen and oxygen atoms in total. The summed E-state index contributed by atoms with van der Waals surface area (Å²) in [5, 5.41) is 0. The molecule has 5 rings (SSSR count). The molecule has 1 saturated heterocycles. The Hall–Kier alpha value is -3.52. The van der Waals surface area contributed by atoms with E-state index in [1.807, 2.05) is 31.2 Å². The Labute approximate surface area is 184 Å². The Morgan fingerprint density at radius 2 is 1.59 bits per heavy atom. The van der Waals surface area contributed by atoms with Crippen LogP contribution in [0, 0.1) is 12.7 Å². The van der Waals surface area contributed by atoms with Gasteiger partial charge in [-0.25, -0.2) is 12.8 Å². The lowest BCUT2D eigenvalue weighted by Crippen LogP contribution is -2.54. The van der Waals surface area contributed by atoms with Crippen molar-refractivity contribution in [1.82, 2.24) is 0 Å². The average molecular weight is 450 g/mol. The van der Waals surface area contributed by atoms with E-state index in [1.54, 1.807) is 24.3 Å². The number of hydrogen-bond acceptors (Lipinski definition) is 4. The number of benzene rings is 3. The summed E-state index contributed by atoms with van der Waals surface area (Å²) < 4.78 is 40.5. The van der Waals surface area contributed by atoms with Crippen molar-refractivity contribution in [2.45, 2.75) is 18.3 Å². The van der Waals surface area contributed by atoms with Crippen LogP contribution in [-0.2, 0) is 30.8 Å². The maximum atomic E-state index is 13.9. The van der Waals surface area contributed by atoms with Crippen LogP contribution in [-0.4, -0.2) is 26.0 Å². The van der Waals surface area contributed by atoms with Gasteiger partial charge in [0.25, 0.3) is 10.8 Å². The Morgan fingerprint density at radius 1 is 0.938 bits per heavy atom. The SMILES string of the molecule is Cc1ccc(CN2C(=O)[C@@]3(c4ccccc42)N(c2ccc(F)cc2)C(=O)CS3(=O)=O)cc1. The maximum Gasteiger partial charge on any atom is 0.274 e. The molecule has 0 N–H and O–H groups in total. The van der Waals surface area contributed by atoms with Gasteiger partial charge < -0.3 is 4.90 Å². The molecule has 0 aromatic heterocycles. The molecule has 0 radical (unpaired) electrons. The van der Waals surface area contributed by atoms with E-state index in [1.165, 1.54) is 17.0 Å². The molecule has 2 heterocycles. The van der Waals surface area contributed by atoms with Crippen LogP contribution in [0.15, 0.2) is 72.8 Å². The molecule has 0 saturated carbocycles. The highest BCUT2D eigenvalue weighted by molar-refractivity contribution is 7.94. The van der Waals surface area contributed by atoms with E-state index in [0.29, 0.717) is 5.69 Å². The lowest BCUT2D eigenvalue weighted by atomic mass is 10.0. The predicted octanol–water partition coefficient (Wildman–Crippen LogP) is 3.30. The second-order valence-corrected chi connectivity index (χ2v) is 10.1. The van der Waals surface area contributed by atoms with E-state index in [-0.39, 0.29) is 17.8 Å². The lowest BCUT2D eigenvalue weighted by molar-refractivity contribution is -0.123. The van der Waals surface area contributed by atoms with Crippen LogP contribution in [0.5, 0.6) is 0 Å². The lowest BCUT2D eigenvalue weighted by Gasteiger charge is -2.32. The van der Waals surface area contributed by atoms with E-state index in [9.17, 15) is 22.4 Å². The maximum absolute atomic E-state index is 13.9. The highest BCUT2D eigenvalue weighted by Crippen LogP contribution is 2.52. The minimum Gasteiger partial charge on any atom is -0.304 e. The first-order valence-corrected chi connectivity index (χ1v) is 11.7. The number of para-hydroxylation sites is 1. The van der Waals surface area contributed by atoms with E-state index in [2.05, 4.69) is 0 Å². The summed E-state index contributed by atoms with van der Waals surface area (Å²) >= 11 is 0. The fraction of sp³-hybridized carbons (Fsp3) is 0.167. The molecule has 3 aromatic carbocycles. The van der Waals surface area contributed by atoms with E-state index in [0.717, 1.165) is 28.2 Å². The number of hydrogen-bond donors (Lipinski definition) is 0. The van der Waals surface area contributed by atoms with Crippen LogP contribution in [0.25, 0.3) is 0 Å². The molecule has 1 fully saturated rings. The first-order chi connectivity index (χ1) is 15.3. The number of nitrogens with zero attached hydrogens (tertiary/aromatic N) is 2. The molecule has 32 heavy (non-hydrogen) atoms. The third-order valence-electron chi connectivity index (χ3n) is 5.97. The molecular weight excluding hydrogens is 431 g/mol. The van der Waals surface area contributed by atoms with Crippen LogP contribution in [0.1, 0.15) is 16.7 Å².